The van der Waals surface area contributed by atoms with Gasteiger partial charge in [-0.2, -0.15) is 0 Å². The maximum atomic E-state index is 11.9. The van der Waals surface area contributed by atoms with Crippen LogP contribution in [-0.2, 0) is 4.79 Å². The van der Waals surface area contributed by atoms with Gasteiger partial charge >= 0.3 is 0 Å². The molecule has 2 N–H and O–H groups in total. The molecule has 0 radical (unpaired) electrons. The van der Waals surface area contributed by atoms with E-state index in [1.54, 1.807) is 31.3 Å². The van der Waals surface area contributed by atoms with Crippen molar-refractivity contribution in [1.29, 1.82) is 0 Å². The monoisotopic (exact) mass is 266 g/mol. The van der Waals surface area contributed by atoms with E-state index in [0.29, 0.717) is 35.9 Å². The molecular weight excluding hydrogens is 248 g/mol. The lowest BCUT2D eigenvalue weighted by atomic mass is 10.2. The Kier molecular flexibility index (Phi) is 3.80. The van der Waals surface area contributed by atoms with Crippen molar-refractivity contribution in [1.82, 2.24) is 0 Å². The van der Waals surface area contributed by atoms with Crippen molar-refractivity contribution in [2.45, 2.75) is 12.5 Å². The predicted octanol–water partition coefficient (Wildman–Crippen LogP) is 0.776. The number of nitrogens with two attached hydrogens (primary N) is 1. The summed E-state index contributed by atoms with van der Waals surface area (Å²) in [5, 5.41) is 0. The maximum absolute atomic E-state index is 11.9. The van der Waals surface area contributed by atoms with Gasteiger partial charge in [0.2, 0.25) is 11.7 Å². The van der Waals surface area contributed by atoms with Gasteiger partial charge in [0.1, 0.15) is 0 Å². The van der Waals surface area contributed by atoms with E-state index in [2.05, 4.69) is 0 Å². The zero-order chi connectivity index (χ0) is 14.0. The number of methoxy groups -OCH3 is 3. The van der Waals surface area contributed by atoms with E-state index in [0.717, 1.165) is 0 Å². The number of hydrogen-bond acceptors (Lipinski definition) is 5. The fourth-order valence-corrected chi connectivity index (χ4v) is 2.18. The summed E-state index contributed by atoms with van der Waals surface area (Å²) in [6.45, 7) is 0.596. The first-order valence-corrected chi connectivity index (χ1v) is 5.99. The Labute approximate surface area is 112 Å². The number of carbonyl (C=O) groups excluding carboxylic acids is 1. The van der Waals surface area contributed by atoms with E-state index >= 15 is 0 Å². The Balaban J connectivity index is 2.44. The van der Waals surface area contributed by atoms with Gasteiger partial charge in [-0.1, -0.05) is 0 Å². The van der Waals surface area contributed by atoms with Crippen molar-refractivity contribution in [3.63, 3.8) is 0 Å². The first kappa shape index (κ1) is 13.5. The summed E-state index contributed by atoms with van der Waals surface area (Å²) in [5.41, 5.74) is 6.43. The highest BCUT2D eigenvalue weighted by atomic mass is 16.5. The predicted molar refractivity (Wildman–Crippen MR) is 71.0 cm³/mol. The molecule has 1 aromatic carbocycles. The van der Waals surface area contributed by atoms with Crippen molar-refractivity contribution in [3.8, 4) is 17.2 Å². The second-order valence-corrected chi connectivity index (χ2v) is 4.27. The van der Waals surface area contributed by atoms with E-state index in [4.69, 9.17) is 19.9 Å². The molecule has 0 spiro atoms. The van der Waals surface area contributed by atoms with E-state index < -0.39 is 6.04 Å². The van der Waals surface area contributed by atoms with E-state index in [1.807, 2.05) is 0 Å². The van der Waals surface area contributed by atoms with Gasteiger partial charge in [0, 0.05) is 18.7 Å². The molecule has 1 fully saturated rings. The highest BCUT2D eigenvalue weighted by Crippen LogP contribution is 2.41. The molecule has 1 aliphatic heterocycles. The molecule has 2 rings (SSSR count). The molecule has 1 saturated heterocycles. The minimum atomic E-state index is -0.431. The Morgan fingerprint density at radius 2 is 1.74 bits per heavy atom. The van der Waals surface area contributed by atoms with Crippen molar-refractivity contribution >= 4 is 11.6 Å². The topological polar surface area (TPSA) is 74.0 Å². The first-order chi connectivity index (χ1) is 9.12. The number of rotatable bonds is 4. The quantitative estimate of drug-likeness (QED) is 0.871. The molecule has 1 amide bonds. The van der Waals surface area contributed by atoms with Gasteiger partial charge in [0.15, 0.2) is 11.5 Å². The molecule has 1 atom stereocenters. The molecule has 0 saturated carbocycles. The van der Waals surface area contributed by atoms with Gasteiger partial charge in [0.25, 0.3) is 0 Å². The molecule has 1 aliphatic rings. The van der Waals surface area contributed by atoms with E-state index in [-0.39, 0.29) is 5.91 Å². The Morgan fingerprint density at radius 3 is 2.11 bits per heavy atom. The molecule has 19 heavy (non-hydrogen) atoms. The summed E-state index contributed by atoms with van der Waals surface area (Å²) in [5.74, 6) is 1.45. The number of hydrogen-bond donors (Lipinski definition) is 1. The van der Waals surface area contributed by atoms with Crippen LogP contribution in [0, 0.1) is 0 Å². The molecule has 104 valence electrons. The normalized spacial score (nSPS) is 18.6. The second-order valence-electron chi connectivity index (χ2n) is 4.27. The van der Waals surface area contributed by atoms with Crippen LogP contribution in [0.2, 0.25) is 0 Å². The largest absolute Gasteiger partial charge is 0.493 e. The lowest BCUT2D eigenvalue weighted by Gasteiger charge is -2.20. The molecule has 6 heteroatoms. The van der Waals surface area contributed by atoms with Crippen LogP contribution in [0.4, 0.5) is 5.69 Å². The Hall–Kier alpha value is -1.95. The average Bonchev–Trinajstić information content (AvgIpc) is 2.77. The van der Waals surface area contributed by atoms with Gasteiger partial charge in [-0.15, -0.1) is 0 Å². The molecule has 0 aromatic heterocycles. The minimum absolute atomic E-state index is 0.0886. The standard InChI is InChI=1S/C13H18N2O4/c1-17-10-6-8(7-11(18-2)12(10)19-3)15-5-4-9(14)13(15)16/h6-7,9H,4-5,14H2,1-3H3. The minimum Gasteiger partial charge on any atom is -0.493 e. The fourth-order valence-electron chi connectivity index (χ4n) is 2.18. The lowest BCUT2D eigenvalue weighted by Crippen LogP contribution is -2.33. The third kappa shape index (κ3) is 2.31. The smallest absolute Gasteiger partial charge is 0.243 e. The lowest BCUT2D eigenvalue weighted by molar-refractivity contribution is -0.118. The molecule has 6 nitrogen and oxygen atoms in total. The SMILES string of the molecule is COc1cc(N2CCC(N)C2=O)cc(OC)c1OC. The van der Waals surface area contributed by atoms with Crippen LogP contribution in [0.15, 0.2) is 12.1 Å². The zero-order valence-corrected chi connectivity index (χ0v) is 11.3. The third-order valence-electron chi connectivity index (χ3n) is 3.21. The molecule has 0 aliphatic carbocycles. The summed E-state index contributed by atoms with van der Waals surface area (Å²) in [6, 6.07) is 3.06. The third-order valence-corrected chi connectivity index (χ3v) is 3.21. The average molecular weight is 266 g/mol. The van der Waals surface area contributed by atoms with Gasteiger partial charge in [0.05, 0.1) is 33.1 Å². The fraction of sp³-hybridized carbons (Fsp3) is 0.462. The molecule has 1 heterocycles. The summed E-state index contributed by atoms with van der Waals surface area (Å²) in [6.07, 6.45) is 0.648. The van der Waals surface area contributed by atoms with Crippen molar-refractivity contribution < 1.29 is 19.0 Å². The van der Waals surface area contributed by atoms with Crippen LogP contribution < -0.4 is 24.8 Å². The van der Waals surface area contributed by atoms with Crippen LogP contribution in [0.1, 0.15) is 6.42 Å². The number of carbonyl (C=O) groups is 1. The van der Waals surface area contributed by atoms with Crippen molar-refractivity contribution in [2.24, 2.45) is 5.73 Å². The summed E-state index contributed by atoms with van der Waals surface area (Å²) >= 11 is 0. The maximum Gasteiger partial charge on any atom is 0.243 e. The Bertz CT molecular complexity index is 465. The van der Waals surface area contributed by atoms with E-state index in [1.165, 1.54) is 7.11 Å². The number of benzene rings is 1. The van der Waals surface area contributed by atoms with Crippen LogP contribution in [0.25, 0.3) is 0 Å². The van der Waals surface area contributed by atoms with Gasteiger partial charge in [-0.05, 0) is 6.42 Å². The first-order valence-electron chi connectivity index (χ1n) is 5.99. The number of anilines is 1. The molecule has 0 bridgehead atoms. The number of nitrogens with zero attached hydrogens (tertiary/aromatic N) is 1. The summed E-state index contributed by atoms with van der Waals surface area (Å²) in [7, 11) is 4.62. The van der Waals surface area contributed by atoms with Crippen LogP contribution in [-0.4, -0.2) is 39.8 Å². The molecule has 1 unspecified atom stereocenters. The zero-order valence-electron chi connectivity index (χ0n) is 11.3. The number of ether oxygens (including phenoxy) is 3. The van der Waals surface area contributed by atoms with Crippen LogP contribution >= 0.6 is 0 Å². The highest BCUT2D eigenvalue weighted by molar-refractivity contribution is 5.99. The molecule has 1 aromatic rings. The Morgan fingerprint density at radius 1 is 1.16 bits per heavy atom. The summed E-state index contributed by atoms with van der Waals surface area (Å²) in [4.78, 5) is 13.6. The van der Waals surface area contributed by atoms with Crippen LogP contribution in [0.3, 0.4) is 0 Å². The number of amides is 1. The van der Waals surface area contributed by atoms with Crippen LogP contribution in [0.5, 0.6) is 17.2 Å². The van der Waals surface area contributed by atoms with Gasteiger partial charge < -0.3 is 24.8 Å². The highest BCUT2D eigenvalue weighted by Gasteiger charge is 2.30. The molecular formula is C13H18N2O4. The van der Waals surface area contributed by atoms with Gasteiger partial charge in [-0.25, -0.2) is 0 Å². The van der Waals surface area contributed by atoms with Crippen molar-refractivity contribution in [2.75, 3.05) is 32.8 Å². The van der Waals surface area contributed by atoms with E-state index in [9.17, 15) is 4.79 Å². The van der Waals surface area contributed by atoms with Crippen molar-refractivity contribution in [3.05, 3.63) is 12.1 Å². The van der Waals surface area contributed by atoms with Gasteiger partial charge in [-0.3, -0.25) is 4.79 Å². The summed E-state index contributed by atoms with van der Waals surface area (Å²) < 4.78 is 15.8. The second kappa shape index (κ2) is 5.36.